The molecular formula is C9H26N2OSi2. The van der Waals surface area contributed by atoms with E-state index in [4.69, 9.17) is 4.43 Å². The fourth-order valence-electron chi connectivity index (χ4n) is 1.87. The van der Waals surface area contributed by atoms with Gasteiger partial charge in [0.15, 0.2) is 0 Å². The van der Waals surface area contributed by atoms with Gasteiger partial charge in [0.05, 0.1) is 0 Å². The molecule has 1 atom stereocenters. The van der Waals surface area contributed by atoms with E-state index in [0.717, 1.165) is 6.54 Å². The molecule has 1 unspecified atom stereocenters. The quantitative estimate of drug-likeness (QED) is 0.705. The molecule has 1 N–H and O–H groups in total. The summed E-state index contributed by atoms with van der Waals surface area (Å²) in [6.45, 7) is 14.8. The van der Waals surface area contributed by atoms with Gasteiger partial charge in [-0.05, 0) is 12.6 Å². The van der Waals surface area contributed by atoms with E-state index < -0.39 is 17.6 Å². The van der Waals surface area contributed by atoms with E-state index in [1.54, 1.807) is 0 Å². The first kappa shape index (κ1) is 14.3. The van der Waals surface area contributed by atoms with Crippen molar-refractivity contribution in [2.45, 2.75) is 46.5 Å². The largest absolute Gasteiger partial charge is 0.398 e. The van der Waals surface area contributed by atoms with E-state index in [9.17, 15) is 0 Å². The van der Waals surface area contributed by atoms with Gasteiger partial charge in [-0.15, -0.1) is 0 Å². The third-order valence-electron chi connectivity index (χ3n) is 2.19. The van der Waals surface area contributed by atoms with Crippen molar-refractivity contribution in [3.05, 3.63) is 0 Å². The van der Waals surface area contributed by atoms with E-state index >= 15 is 0 Å². The molecule has 0 aliphatic heterocycles. The number of nitrogens with zero attached hydrogens (tertiary/aromatic N) is 1. The van der Waals surface area contributed by atoms with Gasteiger partial charge >= 0.3 is 9.36 Å². The molecule has 0 aromatic heterocycles. The summed E-state index contributed by atoms with van der Waals surface area (Å²) in [4.78, 5) is 3.50. The Bertz CT molecular complexity index is 159. The number of nitrogens with one attached hydrogen (secondary N) is 1. The van der Waals surface area contributed by atoms with Gasteiger partial charge < -0.3 is 13.6 Å². The molecule has 0 saturated heterocycles. The van der Waals surface area contributed by atoms with Crippen LogP contribution in [0.5, 0.6) is 0 Å². The SMILES string of the molecule is CCN[SiH](OC)N(C(C)C)[Si](C)(C)C. The summed E-state index contributed by atoms with van der Waals surface area (Å²) in [5, 5.41) is 0. The van der Waals surface area contributed by atoms with Crippen molar-refractivity contribution in [1.82, 2.24) is 9.21 Å². The molecule has 0 spiro atoms. The highest BCUT2D eigenvalue weighted by atomic mass is 28.4. The highest BCUT2D eigenvalue weighted by Gasteiger charge is 2.33. The third-order valence-corrected chi connectivity index (χ3v) is 9.58. The van der Waals surface area contributed by atoms with Gasteiger partial charge in [0.2, 0.25) is 0 Å². The van der Waals surface area contributed by atoms with Crippen LogP contribution in [-0.4, -0.2) is 41.5 Å². The van der Waals surface area contributed by atoms with Crippen molar-refractivity contribution in [1.29, 1.82) is 0 Å². The maximum Gasteiger partial charge on any atom is 0.331 e. The summed E-state index contributed by atoms with van der Waals surface area (Å²) in [5.41, 5.74) is 0. The predicted molar refractivity (Wildman–Crippen MR) is 68.2 cm³/mol. The van der Waals surface area contributed by atoms with Gasteiger partial charge in [0, 0.05) is 7.11 Å². The van der Waals surface area contributed by atoms with Crippen LogP contribution >= 0.6 is 0 Å². The molecule has 5 heteroatoms. The monoisotopic (exact) mass is 234 g/mol. The van der Waals surface area contributed by atoms with Crippen molar-refractivity contribution in [3.8, 4) is 0 Å². The van der Waals surface area contributed by atoms with Crippen molar-refractivity contribution < 1.29 is 4.43 Å². The van der Waals surface area contributed by atoms with Gasteiger partial charge in [0.1, 0.15) is 8.24 Å². The van der Waals surface area contributed by atoms with Crippen LogP contribution in [-0.2, 0) is 4.43 Å². The lowest BCUT2D eigenvalue weighted by atomic mass is 10.4. The summed E-state index contributed by atoms with van der Waals surface area (Å²) in [7, 11) is -0.801. The number of hydrogen-bond donors (Lipinski definition) is 1. The summed E-state index contributed by atoms with van der Waals surface area (Å²) >= 11 is 0. The van der Waals surface area contributed by atoms with Gasteiger partial charge in [-0.1, -0.05) is 40.4 Å². The molecule has 0 fully saturated rings. The van der Waals surface area contributed by atoms with E-state index in [1.165, 1.54) is 0 Å². The molecule has 0 radical (unpaired) electrons. The average Bonchev–Trinajstić information content (AvgIpc) is 2.00. The van der Waals surface area contributed by atoms with Crippen LogP contribution in [0.4, 0.5) is 0 Å². The Morgan fingerprint density at radius 3 is 2.07 bits per heavy atom. The minimum absolute atomic E-state index is 0.581. The van der Waals surface area contributed by atoms with E-state index in [0.29, 0.717) is 6.04 Å². The molecule has 0 aromatic rings. The van der Waals surface area contributed by atoms with E-state index in [2.05, 4.69) is 49.6 Å². The van der Waals surface area contributed by atoms with E-state index in [-0.39, 0.29) is 0 Å². The van der Waals surface area contributed by atoms with Crippen LogP contribution in [0.15, 0.2) is 0 Å². The maximum atomic E-state index is 5.63. The zero-order valence-corrected chi connectivity index (χ0v) is 12.9. The standard InChI is InChI=1S/C9H26N2OSi2/c1-8-10-13(12-4)11(9(2)3)14(5,6)7/h9-10,13H,8H2,1-7H3. The molecule has 0 heterocycles. The molecule has 0 aliphatic rings. The van der Waals surface area contributed by atoms with Gasteiger partial charge in [-0.25, -0.2) is 0 Å². The molecular weight excluding hydrogens is 208 g/mol. The molecule has 86 valence electrons. The number of hydrogen-bond acceptors (Lipinski definition) is 3. The van der Waals surface area contributed by atoms with Crippen LogP contribution in [0, 0.1) is 0 Å². The minimum atomic E-state index is -1.37. The molecule has 3 nitrogen and oxygen atoms in total. The highest BCUT2D eigenvalue weighted by molar-refractivity contribution is 6.81. The normalized spacial score (nSPS) is 15.2. The molecule has 0 rings (SSSR count). The zero-order valence-electron chi connectivity index (χ0n) is 10.7. The van der Waals surface area contributed by atoms with Gasteiger partial charge in [-0.2, -0.15) is 0 Å². The van der Waals surface area contributed by atoms with Gasteiger partial charge in [0.25, 0.3) is 0 Å². The summed E-state index contributed by atoms with van der Waals surface area (Å²) in [5.74, 6) is 0. The Morgan fingerprint density at radius 2 is 1.86 bits per heavy atom. The highest BCUT2D eigenvalue weighted by Crippen LogP contribution is 2.14. The topological polar surface area (TPSA) is 24.5 Å². The van der Waals surface area contributed by atoms with Crippen molar-refractivity contribution >= 4 is 17.6 Å². The Morgan fingerprint density at radius 1 is 1.36 bits per heavy atom. The van der Waals surface area contributed by atoms with Crippen LogP contribution in [0.3, 0.4) is 0 Å². The Labute approximate surface area is 91.8 Å². The Balaban J connectivity index is 4.61. The molecule has 0 aliphatic carbocycles. The minimum Gasteiger partial charge on any atom is -0.398 e. The summed E-state index contributed by atoms with van der Waals surface area (Å²) in [6.07, 6.45) is 0. The lowest BCUT2D eigenvalue weighted by Crippen LogP contribution is -2.64. The summed E-state index contributed by atoms with van der Waals surface area (Å²) < 4.78 is 8.24. The first-order valence-electron chi connectivity index (χ1n) is 5.39. The smallest absolute Gasteiger partial charge is 0.331 e. The number of rotatable bonds is 6. The molecule has 14 heavy (non-hydrogen) atoms. The fourth-order valence-corrected chi connectivity index (χ4v) is 8.30. The third kappa shape index (κ3) is 4.23. The lowest BCUT2D eigenvalue weighted by Gasteiger charge is -2.41. The molecule has 0 saturated carbocycles. The summed E-state index contributed by atoms with van der Waals surface area (Å²) in [6, 6.07) is 0.581. The lowest BCUT2D eigenvalue weighted by molar-refractivity contribution is 0.335. The second kappa shape index (κ2) is 6.02. The second-order valence-corrected chi connectivity index (χ2v) is 12.3. The van der Waals surface area contributed by atoms with Crippen LogP contribution in [0.25, 0.3) is 0 Å². The van der Waals surface area contributed by atoms with Crippen LogP contribution < -0.4 is 4.98 Å². The molecule has 0 amide bonds. The van der Waals surface area contributed by atoms with Crippen molar-refractivity contribution in [2.24, 2.45) is 0 Å². The average molecular weight is 234 g/mol. The van der Waals surface area contributed by atoms with Crippen molar-refractivity contribution in [2.75, 3.05) is 13.7 Å². The van der Waals surface area contributed by atoms with Crippen LogP contribution in [0.2, 0.25) is 19.6 Å². The van der Waals surface area contributed by atoms with Crippen LogP contribution in [0.1, 0.15) is 20.8 Å². The molecule has 0 aromatic carbocycles. The van der Waals surface area contributed by atoms with Gasteiger partial charge in [-0.3, -0.25) is 0 Å². The second-order valence-electron chi connectivity index (χ2n) is 4.82. The Kier molecular flexibility index (Phi) is 6.15. The zero-order chi connectivity index (χ0) is 11.4. The first-order chi connectivity index (χ1) is 6.34. The first-order valence-corrected chi connectivity index (χ1v) is 10.4. The predicted octanol–water partition coefficient (Wildman–Crippen LogP) is 1.50. The molecule has 0 bridgehead atoms. The van der Waals surface area contributed by atoms with E-state index in [1.807, 2.05) is 7.11 Å². The van der Waals surface area contributed by atoms with Crippen molar-refractivity contribution in [3.63, 3.8) is 0 Å². The maximum absolute atomic E-state index is 5.63. The fraction of sp³-hybridized carbons (Fsp3) is 1.00. The Hall–Kier alpha value is 0.314.